The summed E-state index contributed by atoms with van der Waals surface area (Å²) in [5, 5.41) is 4.44. The zero-order valence-electron chi connectivity index (χ0n) is 15.1. The molecule has 0 unspecified atom stereocenters. The van der Waals surface area contributed by atoms with Gasteiger partial charge >= 0.3 is 0 Å². The van der Waals surface area contributed by atoms with Crippen molar-refractivity contribution in [3.63, 3.8) is 0 Å². The van der Waals surface area contributed by atoms with Crippen molar-refractivity contribution in [2.24, 2.45) is 0 Å². The monoisotopic (exact) mass is 392 g/mol. The van der Waals surface area contributed by atoms with Crippen LogP contribution >= 0.6 is 23.2 Å². The summed E-state index contributed by atoms with van der Waals surface area (Å²) in [6, 6.07) is 11.5. The molecule has 0 radical (unpaired) electrons. The topological polar surface area (TPSA) is 36.8 Å². The van der Waals surface area contributed by atoms with Gasteiger partial charge in [0.15, 0.2) is 6.54 Å². The number of hydrogen-bond acceptors (Lipinski definition) is 2. The third-order valence-corrected chi connectivity index (χ3v) is 5.33. The molecule has 26 heavy (non-hydrogen) atoms. The third kappa shape index (κ3) is 4.70. The van der Waals surface area contributed by atoms with Gasteiger partial charge in [-0.05, 0) is 55.3 Å². The zero-order valence-corrected chi connectivity index (χ0v) is 16.6. The lowest BCUT2D eigenvalue weighted by atomic mass is 10.1. The lowest BCUT2D eigenvalue weighted by molar-refractivity contribution is -0.892. The fraction of sp³-hybridized carbons (Fsp3) is 0.350. The van der Waals surface area contributed by atoms with Crippen LogP contribution in [-0.4, -0.2) is 38.6 Å². The number of amides is 1. The first-order valence-electron chi connectivity index (χ1n) is 8.83. The minimum Gasteiger partial charge on any atom is -0.360 e. The number of carbonyl (C=O) groups excluding carboxylic acids is 1. The molecule has 6 heteroatoms. The molecular formula is C20H24Cl2N3O+. The summed E-state index contributed by atoms with van der Waals surface area (Å²) in [5.74, 6) is 0.0396. The Morgan fingerprint density at radius 3 is 2.38 bits per heavy atom. The highest BCUT2D eigenvalue weighted by molar-refractivity contribution is 6.31. The third-order valence-electron chi connectivity index (χ3n) is 4.86. The zero-order chi connectivity index (χ0) is 18.7. The van der Waals surface area contributed by atoms with Gasteiger partial charge in [0.1, 0.15) is 0 Å². The highest BCUT2D eigenvalue weighted by Gasteiger charge is 2.23. The molecule has 0 saturated carbocycles. The number of piperazine rings is 1. The molecule has 1 aliphatic heterocycles. The van der Waals surface area contributed by atoms with Gasteiger partial charge in [-0.25, -0.2) is 0 Å². The van der Waals surface area contributed by atoms with Crippen LogP contribution in [-0.2, 0) is 4.79 Å². The Bertz CT molecular complexity index is 802. The van der Waals surface area contributed by atoms with Crippen LogP contribution in [0.3, 0.4) is 0 Å². The molecule has 1 heterocycles. The first kappa shape index (κ1) is 19.0. The SMILES string of the molecule is Cc1cc(Cl)ccc1NC(=O)C[NH+]1CCN(c2cc(Cl)ccc2C)CC1. The van der Waals surface area contributed by atoms with E-state index in [1.54, 1.807) is 6.07 Å². The van der Waals surface area contributed by atoms with Crippen LogP contribution in [0, 0.1) is 13.8 Å². The van der Waals surface area contributed by atoms with Crippen molar-refractivity contribution in [1.82, 2.24) is 0 Å². The van der Waals surface area contributed by atoms with Crippen LogP contribution in [0.15, 0.2) is 36.4 Å². The van der Waals surface area contributed by atoms with Gasteiger partial charge in [-0.2, -0.15) is 0 Å². The lowest BCUT2D eigenvalue weighted by Crippen LogP contribution is -3.15. The van der Waals surface area contributed by atoms with Gasteiger partial charge in [-0.3, -0.25) is 4.79 Å². The van der Waals surface area contributed by atoms with Crippen LogP contribution in [0.4, 0.5) is 11.4 Å². The van der Waals surface area contributed by atoms with E-state index in [0.29, 0.717) is 11.6 Å². The van der Waals surface area contributed by atoms with Gasteiger partial charge < -0.3 is 15.1 Å². The van der Waals surface area contributed by atoms with Gasteiger partial charge in [0.25, 0.3) is 5.91 Å². The molecule has 0 aromatic heterocycles. The van der Waals surface area contributed by atoms with E-state index in [9.17, 15) is 4.79 Å². The van der Waals surface area contributed by atoms with E-state index in [-0.39, 0.29) is 5.91 Å². The normalized spacial score (nSPS) is 15.2. The molecule has 1 saturated heterocycles. The molecule has 1 aliphatic rings. The van der Waals surface area contributed by atoms with Gasteiger partial charge in [-0.15, -0.1) is 0 Å². The number of benzene rings is 2. The Hall–Kier alpha value is -1.75. The molecule has 3 rings (SSSR count). The van der Waals surface area contributed by atoms with Gasteiger partial charge in [-0.1, -0.05) is 29.3 Å². The van der Waals surface area contributed by atoms with Crippen molar-refractivity contribution >= 4 is 40.5 Å². The highest BCUT2D eigenvalue weighted by atomic mass is 35.5. The maximum absolute atomic E-state index is 12.4. The van der Waals surface area contributed by atoms with Crippen molar-refractivity contribution < 1.29 is 9.69 Å². The molecule has 0 aliphatic carbocycles. The van der Waals surface area contributed by atoms with Crippen LogP contribution in [0.25, 0.3) is 0 Å². The number of hydrogen-bond donors (Lipinski definition) is 2. The number of aryl methyl sites for hydroxylation is 2. The Kier molecular flexibility index (Phi) is 6.07. The van der Waals surface area contributed by atoms with E-state index < -0.39 is 0 Å². The summed E-state index contributed by atoms with van der Waals surface area (Å²) in [6.45, 7) is 8.23. The summed E-state index contributed by atoms with van der Waals surface area (Å²) in [7, 11) is 0. The first-order valence-corrected chi connectivity index (χ1v) is 9.58. The van der Waals surface area contributed by atoms with E-state index in [4.69, 9.17) is 23.2 Å². The maximum Gasteiger partial charge on any atom is 0.279 e. The average Bonchev–Trinajstić information content (AvgIpc) is 2.60. The molecule has 1 fully saturated rings. The maximum atomic E-state index is 12.4. The molecule has 1 amide bonds. The number of nitrogens with zero attached hydrogens (tertiary/aromatic N) is 1. The minimum atomic E-state index is 0.0396. The predicted molar refractivity (Wildman–Crippen MR) is 109 cm³/mol. The Morgan fingerprint density at radius 2 is 1.69 bits per heavy atom. The summed E-state index contributed by atoms with van der Waals surface area (Å²) in [4.78, 5) is 16.0. The van der Waals surface area contributed by atoms with Gasteiger partial charge in [0, 0.05) is 21.4 Å². The smallest absolute Gasteiger partial charge is 0.279 e. The summed E-state index contributed by atoms with van der Waals surface area (Å²) >= 11 is 12.1. The molecule has 0 spiro atoms. The van der Waals surface area contributed by atoms with Crippen molar-refractivity contribution in [1.29, 1.82) is 0 Å². The molecule has 0 bridgehead atoms. The fourth-order valence-electron chi connectivity index (χ4n) is 3.35. The van der Waals surface area contributed by atoms with Crippen molar-refractivity contribution in [3.8, 4) is 0 Å². The highest BCUT2D eigenvalue weighted by Crippen LogP contribution is 2.24. The largest absolute Gasteiger partial charge is 0.360 e. The minimum absolute atomic E-state index is 0.0396. The number of anilines is 2. The van der Waals surface area contributed by atoms with Crippen molar-refractivity contribution in [2.45, 2.75) is 13.8 Å². The van der Waals surface area contributed by atoms with Crippen molar-refractivity contribution in [2.75, 3.05) is 42.9 Å². The Labute approximate surface area is 164 Å². The first-order chi connectivity index (χ1) is 12.4. The molecule has 138 valence electrons. The summed E-state index contributed by atoms with van der Waals surface area (Å²) in [6.07, 6.45) is 0. The van der Waals surface area contributed by atoms with Gasteiger partial charge in [0.2, 0.25) is 0 Å². The van der Waals surface area contributed by atoms with Crippen LogP contribution in [0.5, 0.6) is 0 Å². The quantitative estimate of drug-likeness (QED) is 0.838. The average molecular weight is 393 g/mol. The van der Waals surface area contributed by atoms with E-state index in [1.807, 2.05) is 31.2 Å². The Balaban J connectivity index is 1.53. The second-order valence-electron chi connectivity index (χ2n) is 6.85. The van der Waals surface area contributed by atoms with E-state index in [2.05, 4.69) is 23.2 Å². The Morgan fingerprint density at radius 1 is 1.04 bits per heavy atom. The van der Waals surface area contributed by atoms with Crippen LogP contribution < -0.4 is 15.1 Å². The van der Waals surface area contributed by atoms with E-state index in [1.165, 1.54) is 16.2 Å². The molecule has 2 aromatic rings. The van der Waals surface area contributed by atoms with Crippen molar-refractivity contribution in [3.05, 3.63) is 57.6 Å². The lowest BCUT2D eigenvalue weighted by Gasteiger charge is -2.34. The van der Waals surface area contributed by atoms with E-state index >= 15 is 0 Å². The van der Waals surface area contributed by atoms with Crippen LogP contribution in [0.1, 0.15) is 11.1 Å². The standard InChI is InChI=1S/C20H23Cl2N3O/c1-14-3-4-17(22)12-19(14)25-9-7-24(8-10-25)13-20(26)23-18-6-5-16(21)11-15(18)2/h3-6,11-12H,7-10,13H2,1-2H3,(H,23,26)/p+1. The number of nitrogens with one attached hydrogen (secondary N) is 2. The van der Waals surface area contributed by atoms with Gasteiger partial charge in [0.05, 0.1) is 26.2 Å². The van der Waals surface area contributed by atoms with Crippen LogP contribution in [0.2, 0.25) is 10.0 Å². The fourth-order valence-corrected chi connectivity index (χ4v) is 3.75. The molecule has 0 atom stereocenters. The van der Waals surface area contributed by atoms with E-state index in [0.717, 1.165) is 42.5 Å². The number of halogens is 2. The predicted octanol–water partition coefficient (Wildman–Crippen LogP) is 2.95. The molecule has 4 nitrogen and oxygen atoms in total. The molecule has 2 N–H and O–H groups in total. The molecular weight excluding hydrogens is 369 g/mol. The second kappa shape index (κ2) is 8.30. The summed E-state index contributed by atoms with van der Waals surface area (Å²) < 4.78 is 0. The summed E-state index contributed by atoms with van der Waals surface area (Å²) in [5.41, 5.74) is 4.22. The number of quaternary nitrogens is 1. The molecule has 2 aromatic carbocycles. The second-order valence-corrected chi connectivity index (χ2v) is 7.72. The number of carbonyl (C=O) groups is 1. The number of rotatable bonds is 4.